The number of hydrogen-bond donors (Lipinski definition) is 3. The maximum absolute atomic E-state index is 12.2. The number of esters is 1. The van der Waals surface area contributed by atoms with E-state index < -0.39 is 12.0 Å². The van der Waals surface area contributed by atoms with Crippen LogP contribution in [0, 0.1) is 5.92 Å². The lowest BCUT2D eigenvalue weighted by molar-refractivity contribution is -0.862. The first-order chi connectivity index (χ1) is 12.8. The fourth-order valence-electron chi connectivity index (χ4n) is 2.51. The number of methoxy groups -OCH3 is 2. The largest absolute Gasteiger partial charge is 0.497 e. The van der Waals surface area contributed by atoms with Crippen LogP contribution in [0.25, 0.3) is 0 Å². The van der Waals surface area contributed by atoms with Gasteiger partial charge in [0.1, 0.15) is 11.8 Å². The number of anilines is 1. The molecule has 8 heteroatoms. The maximum Gasteiger partial charge on any atom is 0.328 e. The summed E-state index contributed by atoms with van der Waals surface area (Å²) in [4.78, 5) is 36.9. The predicted octanol–water partition coefficient (Wildman–Crippen LogP) is -0.148. The topological polar surface area (TPSA) is 98.2 Å². The Hall–Kier alpha value is -2.61. The number of benzene rings is 1. The van der Waals surface area contributed by atoms with Crippen molar-refractivity contribution in [3.05, 3.63) is 24.3 Å². The molecule has 0 heterocycles. The third-order valence-corrected chi connectivity index (χ3v) is 4.28. The van der Waals surface area contributed by atoms with Gasteiger partial charge in [-0.3, -0.25) is 9.59 Å². The molecule has 0 aliphatic rings. The second-order valence-electron chi connectivity index (χ2n) is 6.54. The fourth-order valence-corrected chi connectivity index (χ4v) is 2.51. The number of rotatable bonds is 10. The Morgan fingerprint density at radius 3 is 2.19 bits per heavy atom. The summed E-state index contributed by atoms with van der Waals surface area (Å²) in [6, 6.07) is 6.30. The Morgan fingerprint density at radius 1 is 1.07 bits per heavy atom. The summed E-state index contributed by atoms with van der Waals surface area (Å²) in [7, 11) is 4.61. The quantitative estimate of drug-likeness (QED) is 0.491. The van der Waals surface area contributed by atoms with E-state index in [1.165, 1.54) is 7.11 Å². The highest BCUT2D eigenvalue weighted by Gasteiger charge is 2.27. The number of ether oxygens (including phenoxy) is 2. The van der Waals surface area contributed by atoms with E-state index in [0.717, 1.165) is 6.42 Å². The van der Waals surface area contributed by atoms with E-state index in [-0.39, 0.29) is 30.8 Å². The Bertz CT molecular complexity index is 633. The van der Waals surface area contributed by atoms with Gasteiger partial charge < -0.3 is 25.0 Å². The molecule has 0 spiro atoms. The first kappa shape index (κ1) is 22.4. The smallest absolute Gasteiger partial charge is 0.328 e. The summed E-state index contributed by atoms with van der Waals surface area (Å²) in [6.07, 6.45) is 0.729. The minimum Gasteiger partial charge on any atom is -0.497 e. The molecule has 0 bridgehead atoms. The lowest BCUT2D eigenvalue weighted by Crippen LogP contribution is -3.11. The van der Waals surface area contributed by atoms with E-state index >= 15 is 0 Å². The maximum atomic E-state index is 12.2. The van der Waals surface area contributed by atoms with Crippen molar-refractivity contribution in [2.45, 2.75) is 26.3 Å². The Balaban J connectivity index is 2.51. The Kier molecular flexibility index (Phi) is 9.29. The van der Waals surface area contributed by atoms with Crippen molar-refractivity contribution in [3.63, 3.8) is 0 Å². The first-order valence-corrected chi connectivity index (χ1v) is 8.93. The number of hydrogen-bond acceptors (Lipinski definition) is 5. The average molecular weight is 380 g/mol. The van der Waals surface area contributed by atoms with Crippen molar-refractivity contribution in [2.24, 2.45) is 5.92 Å². The van der Waals surface area contributed by atoms with Crippen LogP contribution in [0.5, 0.6) is 5.75 Å². The van der Waals surface area contributed by atoms with Crippen LogP contribution in [0.2, 0.25) is 0 Å². The van der Waals surface area contributed by atoms with E-state index in [2.05, 4.69) is 10.6 Å². The second kappa shape index (κ2) is 11.2. The van der Waals surface area contributed by atoms with Gasteiger partial charge in [0, 0.05) is 5.69 Å². The van der Waals surface area contributed by atoms with Crippen molar-refractivity contribution < 1.29 is 28.8 Å². The molecule has 1 unspecified atom stereocenters. The number of carbonyl (C=O) groups excluding carboxylic acids is 3. The molecule has 0 saturated heterocycles. The van der Waals surface area contributed by atoms with Gasteiger partial charge in [-0.25, -0.2) is 4.79 Å². The van der Waals surface area contributed by atoms with Gasteiger partial charge in [0.05, 0.1) is 21.3 Å². The molecule has 0 aliphatic heterocycles. The molecule has 8 nitrogen and oxygen atoms in total. The van der Waals surface area contributed by atoms with Gasteiger partial charge in [0.2, 0.25) is 0 Å². The molecule has 0 aliphatic carbocycles. The van der Waals surface area contributed by atoms with Gasteiger partial charge in [-0.1, -0.05) is 20.3 Å². The van der Waals surface area contributed by atoms with Crippen molar-refractivity contribution >= 4 is 23.5 Å². The van der Waals surface area contributed by atoms with E-state index in [9.17, 15) is 14.4 Å². The lowest BCUT2D eigenvalue weighted by atomic mass is 9.99. The second-order valence-corrected chi connectivity index (χ2v) is 6.54. The molecule has 1 aromatic carbocycles. The van der Waals surface area contributed by atoms with Crippen LogP contribution in [0.1, 0.15) is 20.3 Å². The van der Waals surface area contributed by atoms with Crippen LogP contribution >= 0.6 is 0 Å². The fraction of sp³-hybridized carbons (Fsp3) is 0.526. The number of amides is 2. The van der Waals surface area contributed by atoms with Gasteiger partial charge in [-0.05, 0) is 30.2 Å². The van der Waals surface area contributed by atoms with Crippen molar-refractivity contribution in [1.82, 2.24) is 5.32 Å². The van der Waals surface area contributed by atoms with Crippen LogP contribution in [-0.4, -0.2) is 58.2 Å². The van der Waals surface area contributed by atoms with Gasteiger partial charge in [-0.2, -0.15) is 0 Å². The Morgan fingerprint density at radius 2 is 1.67 bits per heavy atom. The highest BCUT2D eigenvalue weighted by molar-refractivity contribution is 5.91. The monoisotopic (exact) mass is 380 g/mol. The molecule has 0 aromatic heterocycles. The molecule has 0 saturated carbocycles. The van der Waals surface area contributed by atoms with Crippen molar-refractivity contribution in [2.75, 3.05) is 39.7 Å². The molecule has 1 aromatic rings. The minimum atomic E-state index is -0.687. The summed E-state index contributed by atoms with van der Waals surface area (Å²) < 4.78 is 9.82. The van der Waals surface area contributed by atoms with Crippen LogP contribution < -0.4 is 20.3 Å². The van der Waals surface area contributed by atoms with Gasteiger partial charge >= 0.3 is 5.97 Å². The molecule has 3 N–H and O–H groups in total. The van der Waals surface area contributed by atoms with Crippen molar-refractivity contribution in [1.29, 1.82) is 0 Å². The lowest BCUT2D eigenvalue weighted by Gasteiger charge is -2.22. The van der Waals surface area contributed by atoms with Crippen LogP contribution in [0.15, 0.2) is 24.3 Å². The van der Waals surface area contributed by atoms with E-state index in [0.29, 0.717) is 16.3 Å². The predicted molar refractivity (Wildman–Crippen MR) is 102 cm³/mol. The molecule has 1 rings (SSSR count). The summed E-state index contributed by atoms with van der Waals surface area (Å²) in [5, 5.41) is 5.48. The molecule has 0 fully saturated rings. The molecule has 150 valence electrons. The molecule has 27 heavy (non-hydrogen) atoms. The standard InChI is InChI=1S/C19H29N3O5/c1-6-13(2)18(19(25)27-5)21-17(24)12-22(3)11-16(23)20-14-7-9-15(26-4)10-8-14/h7-10,13,18H,6,11-12H2,1-5H3,(H,20,23)(H,21,24)/p+1/t13-,18+/m0/s1. The highest BCUT2D eigenvalue weighted by atomic mass is 16.5. The zero-order chi connectivity index (χ0) is 20.4. The third-order valence-electron chi connectivity index (χ3n) is 4.28. The summed E-state index contributed by atoms with van der Waals surface area (Å²) >= 11 is 0. The zero-order valence-electron chi connectivity index (χ0n) is 16.6. The van der Waals surface area contributed by atoms with Gasteiger partial charge in [0.15, 0.2) is 13.1 Å². The van der Waals surface area contributed by atoms with Gasteiger partial charge in [-0.15, -0.1) is 0 Å². The summed E-state index contributed by atoms with van der Waals surface area (Å²) in [5.74, 6) is -0.320. The van der Waals surface area contributed by atoms with E-state index in [1.807, 2.05) is 13.8 Å². The normalized spacial score (nSPS) is 13.8. The zero-order valence-corrected chi connectivity index (χ0v) is 16.6. The van der Waals surface area contributed by atoms with E-state index in [1.54, 1.807) is 38.4 Å². The highest BCUT2D eigenvalue weighted by Crippen LogP contribution is 2.14. The number of nitrogens with one attached hydrogen (secondary N) is 3. The molecule has 0 radical (unpaired) electrons. The number of likely N-dealkylation sites (N-methyl/N-ethyl adjacent to an activating group) is 1. The number of carbonyl (C=O) groups is 3. The van der Waals surface area contributed by atoms with Crippen LogP contribution in [-0.2, 0) is 19.1 Å². The van der Waals surface area contributed by atoms with Gasteiger partial charge in [0.25, 0.3) is 11.8 Å². The summed E-state index contributed by atoms with van der Waals surface area (Å²) in [6.45, 7) is 4.00. The minimum absolute atomic E-state index is 0.0416. The third kappa shape index (κ3) is 7.65. The summed E-state index contributed by atoms with van der Waals surface area (Å²) in [5.41, 5.74) is 0.653. The Labute approximate surface area is 160 Å². The van der Waals surface area contributed by atoms with E-state index in [4.69, 9.17) is 9.47 Å². The number of quaternary nitrogens is 1. The van der Waals surface area contributed by atoms with Crippen molar-refractivity contribution in [3.8, 4) is 5.75 Å². The van der Waals surface area contributed by atoms with Crippen LogP contribution in [0.4, 0.5) is 5.69 Å². The molecule has 3 atom stereocenters. The molecule has 2 amide bonds. The SMILES string of the molecule is CC[C@H](C)[C@@H](NC(=O)C[NH+](C)CC(=O)Nc1ccc(OC)cc1)C(=O)OC. The molecular formula is C19H30N3O5+. The molecular weight excluding hydrogens is 350 g/mol. The van der Waals surface area contributed by atoms with Crippen LogP contribution in [0.3, 0.4) is 0 Å². The average Bonchev–Trinajstić information content (AvgIpc) is 2.65. The first-order valence-electron chi connectivity index (χ1n) is 8.93.